The average molecular weight is 513 g/mol. The largest absolute Gasteiger partial charge is 0.297 e. The lowest BCUT2D eigenvalue weighted by molar-refractivity contribution is 0.314. The molecule has 2 heterocycles. The highest BCUT2D eigenvalue weighted by Gasteiger charge is 2.31. The second-order valence-corrected chi connectivity index (χ2v) is 12.0. The lowest BCUT2D eigenvalue weighted by atomic mass is 9.95. The minimum atomic E-state index is -4.08. The Hall–Kier alpha value is -1.66. The van der Waals surface area contributed by atoms with Crippen LogP contribution in [0.5, 0.6) is 0 Å². The van der Waals surface area contributed by atoms with Gasteiger partial charge in [0.15, 0.2) is 5.69 Å². The summed E-state index contributed by atoms with van der Waals surface area (Å²) in [5.74, 6) is -0.352. The second-order valence-electron chi connectivity index (χ2n) is 6.90. The van der Waals surface area contributed by atoms with Gasteiger partial charge >= 0.3 is 0 Å². The van der Waals surface area contributed by atoms with E-state index in [-0.39, 0.29) is 40.6 Å². The summed E-state index contributed by atoms with van der Waals surface area (Å²) < 4.78 is 67.3. The number of hydrogen-bond acceptors (Lipinski definition) is 11. The predicted octanol–water partition coefficient (Wildman–Crippen LogP) is 2.10. The molecule has 0 spiro atoms. The lowest BCUT2D eigenvalue weighted by Crippen LogP contribution is -2.31. The van der Waals surface area contributed by atoms with Gasteiger partial charge in [-0.25, -0.2) is 4.68 Å². The third kappa shape index (κ3) is 6.42. The van der Waals surface area contributed by atoms with Crippen molar-refractivity contribution in [3.05, 3.63) is 16.0 Å². The number of thioether (sulfide) groups is 1. The van der Waals surface area contributed by atoms with Gasteiger partial charge in [-0.3, -0.25) is 19.0 Å². The van der Waals surface area contributed by atoms with E-state index in [1.165, 1.54) is 4.68 Å². The van der Waals surface area contributed by atoms with Gasteiger partial charge in [0, 0.05) is 17.3 Å². The third-order valence-electron chi connectivity index (χ3n) is 4.70. The lowest BCUT2D eigenvalue weighted by Gasteiger charge is -2.26. The fraction of sp³-hybridized carbons (Fsp3) is 0.643. The number of aryl methyl sites for hydroxylation is 1. The summed E-state index contributed by atoms with van der Waals surface area (Å²) in [6.45, 7) is 1.66. The first-order valence-electron chi connectivity index (χ1n) is 9.05. The van der Waals surface area contributed by atoms with Crippen LogP contribution in [-0.2, 0) is 20.2 Å². The van der Waals surface area contributed by atoms with E-state index in [0.29, 0.717) is 18.5 Å². The van der Waals surface area contributed by atoms with E-state index in [1.807, 2.05) is 0 Å². The highest BCUT2D eigenvalue weighted by atomic mass is 32.2. The van der Waals surface area contributed by atoms with Crippen molar-refractivity contribution in [2.45, 2.75) is 49.1 Å². The Morgan fingerprint density at radius 2 is 1.87 bits per heavy atom. The molecule has 31 heavy (non-hydrogen) atoms. The molecule has 0 bridgehead atoms. The van der Waals surface area contributed by atoms with Crippen molar-refractivity contribution >= 4 is 54.3 Å². The number of hydrogen-bond donors (Lipinski definition) is 3. The van der Waals surface area contributed by atoms with Crippen LogP contribution in [-0.4, -0.2) is 61.8 Å². The Morgan fingerprint density at radius 3 is 2.48 bits per heavy atom. The molecule has 1 aliphatic rings. The number of H-pyrrole nitrogens is 1. The van der Waals surface area contributed by atoms with Crippen LogP contribution in [0, 0.1) is 6.92 Å². The average Bonchev–Trinajstić information content (AvgIpc) is 3.23. The normalized spacial score (nSPS) is 20.5. The molecule has 0 saturated heterocycles. The minimum Gasteiger partial charge on any atom is -0.297 e. The quantitative estimate of drug-likeness (QED) is 0.267. The Morgan fingerprint density at radius 1 is 1.19 bits per heavy atom. The number of nitrogens with one attached hydrogen (secondary N) is 1. The van der Waals surface area contributed by atoms with Crippen molar-refractivity contribution < 1.29 is 25.9 Å². The first kappa shape index (κ1) is 24.0. The standard InChI is InChI=1S/C14H20N6O7S4/c1-8-11(16-17-13-15-14(19-29-13)28-6-7-30(22,23)24)12(21)20(18-8)9-2-4-10(5-3-9)31(25,26)27/h9-10,18H,2-7H2,1H3,(H,22,23,24)(H,25,26,27). The fourth-order valence-corrected chi connectivity index (χ4v) is 6.33. The maximum atomic E-state index is 12.7. The molecule has 17 heteroatoms. The molecule has 3 rings (SSSR count). The Labute approximate surface area is 186 Å². The SMILES string of the molecule is Cc1[nH]n(C2CCC(S(=O)(=O)O)CC2)c(=O)c1N=Nc1nc(SCCS(=O)(=O)O)ns1. The zero-order valence-electron chi connectivity index (χ0n) is 16.2. The van der Waals surface area contributed by atoms with Gasteiger partial charge in [0.1, 0.15) is 0 Å². The Bertz CT molecular complexity index is 1220. The van der Waals surface area contributed by atoms with E-state index < -0.39 is 36.8 Å². The Kier molecular flexibility index (Phi) is 7.32. The maximum Gasteiger partial charge on any atom is 0.294 e. The van der Waals surface area contributed by atoms with Crippen LogP contribution >= 0.6 is 23.3 Å². The van der Waals surface area contributed by atoms with Crippen LogP contribution in [0.15, 0.2) is 20.2 Å². The monoisotopic (exact) mass is 512 g/mol. The first-order valence-corrected chi connectivity index (χ1v) is 13.9. The third-order valence-corrected chi connectivity index (χ3v) is 8.56. The summed E-state index contributed by atoms with van der Waals surface area (Å²) in [6, 6.07) is -0.236. The molecule has 0 aromatic carbocycles. The van der Waals surface area contributed by atoms with E-state index >= 15 is 0 Å². The van der Waals surface area contributed by atoms with Gasteiger partial charge in [0.25, 0.3) is 25.8 Å². The molecular formula is C14H20N6O7S4. The number of nitrogens with zero attached hydrogens (tertiary/aromatic N) is 5. The van der Waals surface area contributed by atoms with Crippen LogP contribution < -0.4 is 5.56 Å². The zero-order chi connectivity index (χ0) is 22.8. The van der Waals surface area contributed by atoms with Crippen molar-refractivity contribution in [3.63, 3.8) is 0 Å². The number of rotatable bonds is 8. The van der Waals surface area contributed by atoms with E-state index in [1.54, 1.807) is 6.92 Å². The van der Waals surface area contributed by atoms with Crippen LogP contribution in [0.25, 0.3) is 0 Å². The van der Waals surface area contributed by atoms with Gasteiger partial charge in [0.05, 0.1) is 22.7 Å². The van der Waals surface area contributed by atoms with Crippen LogP contribution in [0.1, 0.15) is 37.4 Å². The fourth-order valence-electron chi connectivity index (χ4n) is 3.17. The topological polar surface area (TPSA) is 197 Å². The predicted molar refractivity (Wildman–Crippen MR) is 114 cm³/mol. The molecule has 1 saturated carbocycles. The molecule has 172 valence electrons. The Balaban J connectivity index is 1.66. The molecule has 2 aromatic heterocycles. The zero-order valence-corrected chi connectivity index (χ0v) is 19.5. The summed E-state index contributed by atoms with van der Waals surface area (Å²) in [5, 5.41) is 10.5. The number of aromatic nitrogens is 4. The molecule has 1 fully saturated rings. The van der Waals surface area contributed by atoms with E-state index in [2.05, 4.69) is 24.7 Å². The molecule has 2 aromatic rings. The molecule has 0 aliphatic heterocycles. The summed E-state index contributed by atoms with van der Waals surface area (Å²) >= 11 is 1.96. The molecule has 13 nitrogen and oxygen atoms in total. The highest BCUT2D eigenvalue weighted by molar-refractivity contribution is 8.00. The maximum absolute atomic E-state index is 12.7. The molecule has 0 amide bonds. The van der Waals surface area contributed by atoms with Crippen molar-refractivity contribution in [2.24, 2.45) is 10.2 Å². The highest BCUT2D eigenvalue weighted by Crippen LogP contribution is 2.31. The van der Waals surface area contributed by atoms with Gasteiger partial charge in [-0.1, -0.05) is 11.8 Å². The van der Waals surface area contributed by atoms with Gasteiger partial charge in [-0.2, -0.15) is 26.2 Å². The van der Waals surface area contributed by atoms with Crippen molar-refractivity contribution in [2.75, 3.05) is 11.5 Å². The summed E-state index contributed by atoms with van der Waals surface area (Å²) in [5.41, 5.74) is 0.175. The van der Waals surface area contributed by atoms with E-state index in [0.717, 1.165) is 23.3 Å². The van der Waals surface area contributed by atoms with Crippen molar-refractivity contribution in [1.82, 2.24) is 19.1 Å². The molecule has 0 unspecified atom stereocenters. The number of azo groups is 1. The second kappa shape index (κ2) is 9.45. The molecular weight excluding hydrogens is 492 g/mol. The van der Waals surface area contributed by atoms with Crippen LogP contribution in [0.2, 0.25) is 0 Å². The van der Waals surface area contributed by atoms with Gasteiger partial charge in [-0.15, -0.1) is 10.2 Å². The van der Waals surface area contributed by atoms with Gasteiger partial charge in [-0.05, 0) is 32.6 Å². The molecule has 3 N–H and O–H groups in total. The smallest absolute Gasteiger partial charge is 0.294 e. The van der Waals surface area contributed by atoms with Crippen LogP contribution in [0.4, 0.5) is 10.8 Å². The van der Waals surface area contributed by atoms with Gasteiger partial charge in [0.2, 0.25) is 10.3 Å². The van der Waals surface area contributed by atoms with Crippen molar-refractivity contribution in [3.8, 4) is 0 Å². The van der Waals surface area contributed by atoms with Gasteiger partial charge < -0.3 is 0 Å². The summed E-state index contributed by atoms with van der Waals surface area (Å²) in [7, 11) is -8.14. The van der Waals surface area contributed by atoms with E-state index in [9.17, 15) is 26.2 Å². The molecule has 1 aliphatic carbocycles. The van der Waals surface area contributed by atoms with E-state index in [4.69, 9.17) is 4.55 Å². The first-order chi connectivity index (χ1) is 14.4. The summed E-state index contributed by atoms with van der Waals surface area (Å²) in [6.07, 6.45) is 1.35. The minimum absolute atomic E-state index is 0.0770. The summed E-state index contributed by atoms with van der Waals surface area (Å²) in [4.78, 5) is 16.8. The molecule has 0 radical (unpaired) electrons. The van der Waals surface area contributed by atoms with Crippen molar-refractivity contribution in [1.29, 1.82) is 0 Å². The number of aromatic amines is 1. The molecule has 0 atom stereocenters. The van der Waals surface area contributed by atoms with Crippen LogP contribution in [0.3, 0.4) is 0 Å².